The molecule has 0 heterocycles. The van der Waals surface area contributed by atoms with E-state index in [1.54, 1.807) is 0 Å². The smallest absolute Gasteiger partial charge is 0.332 e. The third kappa shape index (κ3) is 4.36. The third-order valence-corrected chi connectivity index (χ3v) is 4.11. The molecule has 0 saturated heterocycles. The van der Waals surface area contributed by atoms with Gasteiger partial charge >= 0.3 is 6.03 Å². The minimum absolute atomic E-state index is 0.424. The lowest BCUT2D eigenvalue weighted by Crippen LogP contribution is -2.24. The molecule has 3 aromatic carbocycles. The molecule has 0 radical (unpaired) electrons. The summed E-state index contributed by atoms with van der Waals surface area (Å²) < 4.78 is 6.87. The summed E-state index contributed by atoms with van der Waals surface area (Å²) in [4.78, 5) is 10.7. The number of halogens is 1. The molecule has 2 amide bonds. The molecule has 3 N–H and O–H groups in total. The Balaban J connectivity index is 1.83. The van der Waals surface area contributed by atoms with Crippen LogP contribution in [0.3, 0.4) is 0 Å². The Bertz CT molecular complexity index is 936. The number of nitrogens with zero attached hydrogens (tertiary/aromatic N) is 1. The Hall–Kier alpha value is -2.86. The van der Waals surface area contributed by atoms with Gasteiger partial charge in [-0.2, -0.15) is 5.10 Å². The standard InChI is InChI=1S/C19H16BrN3O2/c20-16-8-9-18(15(10-16)11-22-23-19(21)24)25-12-14-6-3-5-13-4-1-2-7-17(13)14/h1-11H,12H2,(H3,21,23,24)/b22-11+. The molecule has 0 aromatic heterocycles. The molecule has 0 aliphatic rings. The lowest BCUT2D eigenvalue weighted by molar-refractivity contribution is 0.249. The van der Waals surface area contributed by atoms with Gasteiger partial charge in [0.1, 0.15) is 12.4 Å². The molecule has 5 nitrogen and oxygen atoms in total. The first-order chi connectivity index (χ1) is 12.1. The second-order valence-electron chi connectivity index (χ2n) is 5.34. The van der Waals surface area contributed by atoms with Crippen LogP contribution in [0.15, 0.2) is 70.2 Å². The van der Waals surface area contributed by atoms with Crippen LogP contribution in [0.25, 0.3) is 10.8 Å². The predicted molar refractivity (Wildman–Crippen MR) is 103 cm³/mol. The lowest BCUT2D eigenvalue weighted by atomic mass is 10.1. The predicted octanol–water partition coefficient (Wildman–Crippen LogP) is 4.18. The van der Waals surface area contributed by atoms with E-state index in [1.165, 1.54) is 11.6 Å². The van der Waals surface area contributed by atoms with E-state index >= 15 is 0 Å². The van der Waals surface area contributed by atoms with Gasteiger partial charge in [0.15, 0.2) is 0 Å². The lowest BCUT2D eigenvalue weighted by Gasteiger charge is -2.11. The Morgan fingerprint density at radius 3 is 2.80 bits per heavy atom. The van der Waals surface area contributed by atoms with E-state index in [2.05, 4.69) is 44.7 Å². The second-order valence-corrected chi connectivity index (χ2v) is 6.26. The maximum atomic E-state index is 10.7. The largest absolute Gasteiger partial charge is 0.488 e. The molecule has 3 rings (SSSR count). The molecule has 0 fully saturated rings. The average molecular weight is 398 g/mol. The molecule has 0 aliphatic heterocycles. The molecule has 0 bridgehead atoms. The van der Waals surface area contributed by atoms with Crippen molar-refractivity contribution in [2.75, 3.05) is 0 Å². The molecule has 3 aromatic rings. The number of nitrogens with one attached hydrogen (secondary N) is 1. The van der Waals surface area contributed by atoms with E-state index in [9.17, 15) is 4.79 Å². The first-order valence-corrected chi connectivity index (χ1v) is 8.40. The summed E-state index contributed by atoms with van der Waals surface area (Å²) in [6.45, 7) is 0.424. The van der Waals surface area contributed by atoms with Crippen LogP contribution in [0.5, 0.6) is 5.75 Å². The van der Waals surface area contributed by atoms with Gasteiger partial charge in [0.2, 0.25) is 0 Å². The zero-order valence-electron chi connectivity index (χ0n) is 13.3. The summed E-state index contributed by atoms with van der Waals surface area (Å²) in [7, 11) is 0. The van der Waals surface area contributed by atoms with Crippen molar-refractivity contribution in [3.63, 3.8) is 0 Å². The van der Waals surface area contributed by atoms with Gasteiger partial charge in [-0.25, -0.2) is 10.2 Å². The van der Waals surface area contributed by atoms with Crippen LogP contribution in [0, 0.1) is 0 Å². The number of carbonyl (C=O) groups is 1. The van der Waals surface area contributed by atoms with E-state index in [0.29, 0.717) is 12.4 Å². The Kier molecular flexibility index (Phi) is 5.30. The van der Waals surface area contributed by atoms with Crippen LogP contribution in [-0.2, 0) is 6.61 Å². The van der Waals surface area contributed by atoms with Crippen LogP contribution in [0.2, 0.25) is 0 Å². The fourth-order valence-corrected chi connectivity index (χ4v) is 2.87. The van der Waals surface area contributed by atoms with Gasteiger partial charge in [0.05, 0.1) is 6.21 Å². The van der Waals surface area contributed by atoms with Gasteiger partial charge in [-0.05, 0) is 34.5 Å². The minimum atomic E-state index is -0.718. The van der Waals surface area contributed by atoms with Crippen molar-refractivity contribution in [2.45, 2.75) is 6.61 Å². The van der Waals surface area contributed by atoms with Gasteiger partial charge in [0, 0.05) is 10.0 Å². The van der Waals surface area contributed by atoms with Gasteiger partial charge in [0.25, 0.3) is 0 Å². The second kappa shape index (κ2) is 7.81. The normalized spacial score (nSPS) is 10.9. The molecule has 0 saturated carbocycles. The molecule has 0 aliphatic carbocycles. The monoisotopic (exact) mass is 397 g/mol. The number of primary amides is 1. The summed E-state index contributed by atoms with van der Waals surface area (Å²) >= 11 is 3.42. The van der Waals surface area contributed by atoms with Gasteiger partial charge in [-0.1, -0.05) is 58.4 Å². The first kappa shape index (κ1) is 17.0. The summed E-state index contributed by atoms with van der Waals surface area (Å²) in [6.07, 6.45) is 1.49. The number of nitrogens with two attached hydrogens (primary N) is 1. The van der Waals surface area contributed by atoms with Crippen molar-refractivity contribution in [3.05, 3.63) is 76.3 Å². The van der Waals surface area contributed by atoms with Crippen molar-refractivity contribution in [2.24, 2.45) is 10.8 Å². The number of urea groups is 1. The molecule has 126 valence electrons. The SMILES string of the molecule is NC(=O)N/N=C/c1cc(Br)ccc1OCc1cccc2ccccc12. The highest BCUT2D eigenvalue weighted by Crippen LogP contribution is 2.25. The van der Waals surface area contributed by atoms with Crippen LogP contribution < -0.4 is 15.9 Å². The average Bonchev–Trinajstić information content (AvgIpc) is 2.61. The van der Waals surface area contributed by atoms with Crippen LogP contribution in [-0.4, -0.2) is 12.2 Å². The van der Waals surface area contributed by atoms with Crippen molar-refractivity contribution in [3.8, 4) is 5.75 Å². The van der Waals surface area contributed by atoms with Crippen molar-refractivity contribution in [1.29, 1.82) is 0 Å². The van der Waals surface area contributed by atoms with E-state index in [0.717, 1.165) is 21.0 Å². The molecule has 25 heavy (non-hydrogen) atoms. The van der Waals surface area contributed by atoms with E-state index in [1.807, 2.05) is 42.5 Å². The number of hydrogen-bond acceptors (Lipinski definition) is 3. The summed E-state index contributed by atoms with van der Waals surface area (Å²) in [6, 6.07) is 19.2. The zero-order valence-corrected chi connectivity index (χ0v) is 14.9. The summed E-state index contributed by atoms with van der Waals surface area (Å²) in [5.74, 6) is 0.658. The summed E-state index contributed by atoms with van der Waals surface area (Å²) in [5, 5.41) is 6.13. The van der Waals surface area contributed by atoms with Gasteiger partial charge < -0.3 is 10.5 Å². The van der Waals surface area contributed by atoms with Crippen molar-refractivity contribution in [1.82, 2.24) is 5.43 Å². The molecule has 0 atom stereocenters. The number of hydrazone groups is 1. The third-order valence-electron chi connectivity index (χ3n) is 3.61. The number of carbonyl (C=O) groups excluding carboxylic acids is 1. The summed E-state index contributed by atoms with van der Waals surface area (Å²) in [5.41, 5.74) is 9.01. The van der Waals surface area contributed by atoms with E-state index in [4.69, 9.17) is 10.5 Å². The maximum absolute atomic E-state index is 10.7. The van der Waals surface area contributed by atoms with Gasteiger partial charge in [-0.3, -0.25) is 0 Å². The molecule has 0 spiro atoms. The highest BCUT2D eigenvalue weighted by atomic mass is 79.9. The highest BCUT2D eigenvalue weighted by Gasteiger charge is 2.06. The molecular formula is C19H16BrN3O2. The Morgan fingerprint density at radius 2 is 1.96 bits per heavy atom. The fourth-order valence-electron chi connectivity index (χ4n) is 2.49. The number of amides is 2. The maximum Gasteiger partial charge on any atom is 0.332 e. The molecule has 0 unspecified atom stereocenters. The zero-order chi connectivity index (χ0) is 17.6. The highest BCUT2D eigenvalue weighted by molar-refractivity contribution is 9.10. The molecule has 6 heteroatoms. The number of fused-ring (bicyclic) bond motifs is 1. The van der Waals surface area contributed by atoms with E-state index < -0.39 is 6.03 Å². The van der Waals surface area contributed by atoms with E-state index in [-0.39, 0.29) is 0 Å². The molecular weight excluding hydrogens is 382 g/mol. The quantitative estimate of drug-likeness (QED) is 0.500. The first-order valence-electron chi connectivity index (χ1n) is 7.61. The Morgan fingerprint density at radius 1 is 1.16 bits per heavy atom. The topological polar surface area (TPSA) is 76.7 Å². The van der Waals surface area contributed by atoms with Crippen LogP contribution >= 0.6 is 15.9 Å². The van der Waals surface area contributed by atoms with Crippen molar-refractivity contribution < 1.29 is 9.53 Å². The van der Waals surface area contributed by atoms with Gasteiger partial charge in [-0.15, -0.1) is 0 Å². The minimum Gasteiger partial charge on any atom is -0.488 e. The fraction of sp³-hybridized carbons (Fsp3) is 0.0526. The van der Waals surface area contributed by atoms with Crippen molar-refractivity contribution >= 4 is 38.9 Å². The Labute approximate surface area is 153 Å². The van der Waals surface area contributed by atoms with Crippen LogP contribution in [0.4, 0.5) is 4.79 Å². The van der Waals surface area contributed by atoms with Crippen LogP contribution in [0.1, 0.15) is 11.1 Å². The number of ether oxygens (including phenoxy) is 1. The number of hydrogen-bond donors (Lipinski definition) is 2. The number of benzene rings is 3. The number of rotatable bonds is 5.